The molecule has 0 aliphatic heterocycles. The third-order valence-corrected chi connectivity index (χ3v) is 5.39. The molecule has 3 aromatic rings. The molecule has 0 saturated heterocycles. The van der Waals surface area contributed by atoms with Crippen molar-refractivity contribution in [1.82, 2.24) is 0 Å². The Labute approximate surface area is 182 Å². The fourth-order valence-electron chi connectivity index (χ4n) is 2.68. The Kier molecular flexibility index (Phi) is 7.21. The molecular formula is C22H17ClN2O4S. The first-order valence-corrected chi connectivity index (χ1v) is 10.3. The Morgan fingerprint density at radius 1 is 1.00 bits per heavy atom. The zero-order valence-electron chi connectivity index (χ0n) is 15.7. The van der Waals surface area contributed by atoms with Crippen LogP contribution in [0.1, 0.15) is 15.9 Å². The molecule has 0 aromatic heterocycles. The number of carbonyl (C=O) groups excluding carboxylic acids is 2. The smallest absolute Gasteiger partial charge is 0.270 e. The van der Waals surface area contributed by atoms with Crippen molar-refractivity contribution in [3.05, 3.63) is 99.1 Å². The molecule has 0 aliphatic carbocycles. The molecule has 30 heavy (non-hydrogen) atoms. The largest absolute Gasteiger partial charge is 0.326 e. The van der Waals surface area contributed by atoms with Gasteiger partial charge in [0.1, 0.15) is 0 Å². The number of Topliss-reactive ketones (excluding diaryl/α,β-unsaturated/α-hetero) is 1. The Morgan fingerprint density at radius 3 is 2.47 bits per heavy atom. The summed E-state index contributed by atoms with van der Waals surface area (Å²) < 4.78 is 0. The van der Waals surface area contributed by atoms with E-state index in [1.807, 2.05) is 6.07 Å². The average molecular weight is 441 g/mol. The van der Waals surface area contributed by atoms with Crippen molar-refractivity contribution in [3.8, 4) is 0 Å². The second-order valence-corrected chi connectivity index (χ2v) is 7.88. The predicted molar refractivity (Wildman–Crippen MR) is 118 cm³/mol. The van der Waals surface area contributed by atoms with Crippen molar-refractivity contribution in [2.45, 2.75) is 11.3 Å². The summed E-state index contributed by atoms with van der Waals surface area (Å²) in [6.07, 6.45) is 0.222. The van der Waals surface area contributed by atoms with Gasteiger partial charge in [0.25, 0.3) is 5.69 Å². The van der Waals surface area contributed by atoms with Gasteiger partial charge in [-0.1, -0.05) is 41.9 Å². The minimum Gasteiger partial charge on any atom is -0.326 e. The monoisotopic (exact) mass is 440 g/mol. The molecule has 3 rings (SSSR count). The van der Waals surface area contributed by atoms with Crippen molar-refractivity contribution < 1.29 is 14.5 Å². The number of nitrogens with zero attached hydrogens (tertiary/aromatic N) is 1. The van der Waals surface area contributed by atoms with Gasteiger partial charge in [-0.2, -0.15) is 0 Å². The van der Waals surface area contributed by atoms with Gasteiger partial charge in [-0.3, -0.25) is 19.7 Å². The summed E-state index contributed by atoms with van der Waals surface area (Å²) in [5.74, 6) is -0.239. The number of hydrogen-bond donors (Lipinski definition) is 1. The first-order chi connectivity index (χ1) is 14.4. The van der Waals surface area contributed by atoms with Gasteiger partial charge in [0.15, 0.2) is 5.78 Å². The quantitative estimate of drug-likeness (QED) is 0.219. The number of non-ortho nitro benzene ring substituents is 1. The van der Waals surface area contributed by atoms with Crippen LogP contribution in [0.4, 0.5) is 11.4 Å². The van der Waals surface area contributed by atoms with Gasteiger partial charge in [0.05, 0.1) is 17.1 Å². The molecule has 8 heteroatoms. The molecule has 0 heterocycles. The van der Waals surface area contributed by atoms with Gasteiger partial charge in [0, 0.05) is 33.3 Å². The van der Waals surface area contributed by atoms with Gasteiger partial charge in [-0.15, -0.1) is 11.8 Å². The molecule has 0 bridgehead atoms. The number of benzene rings is 3. The third-order valence-electron chi connectivity index (χ3n) is 4.14. The van der Waals surface area contributed by atoms with Gasteiger partial charge in [0.2, 0.25) is 5.91 Å². The fourth-order valence-corrected chi connectivity index (χ4v) is 3.66. The van der Waals surface area contributed by atoms with Gasteiger partial charge < -0.3 is 5.32 Å². The molecule has 0 spiro atoms. The lowest BCUT2D eigenvalue weighted by atomic mass is 10.1. The minimum atomic E-state index is -0.528. The lowest BCUT2D eigenvalue weighted by Gasteiger charge is -2.08. The normalized spacial score (nSPS) is 10.4. The van der Waals surface area contributed by atoms with Gasteiger partial charge in [-0.25, -0.2) is 0 Å². The molecule has 0 saturated carbocycles. The average Bonchev–Trinajstić information content (AvgIpc) is 2.74. The molecule has 0 unspecified atom stereocenters. The zero-order valence-corrected chi connectivity index (χ0v) is 17.3. The van der Waals surface area contributed by atoms with Crippen LogP contribution in [0.15, 0.2) is 77.7 Å². The topological polar surface area (TPSA) is 89.3 Å². The van der Waals surface area contributed by atoms with Crippen LogP contribution in [0.2, 0.25) is 5.02 Å². The SMILES string of the molecule is O=C(Cc1ccc(Cl)cc1)Nc1cccc(SCC(=O)c2cccc([N+](=O)[O-])c2)c1. The van der Waals surface area contributed by atoms with Crippen molar-refractivity contribution in [3.63, 3.8) is 0 Å². The van der Waals surface area contributed by atoms with Crippen molar-refractivity contribution in [2.75, 3.05) is 11.1 Å². The summed E-state index contributed by atoms with van der Waals surface area (Å²) in [4.78, 5) is 35.8. The molecule has 3 aromatic carbocycles. The summed E-state index contributed by atoms with van der Waals surface area (Å²) in [7, 11) is 0. The van der Waals surface area contributed by atoms with Crippen molar-refractivity contribution in [1.29, 1.82) is 0 Å². The summed E-state index contributed by atoms with van der Waals surface area (Å²) >= 11 is 7.15. The highest BCUT2D eigenvalue weighted by atomic mass is 35.5. The lowest BCUT2D eigenvalue weighted by molar-refractivity contribution is -0.384. The van der Waals surface area contributed by atoms with Crippen LogP contribution >= 0.6 is 23.4 Å². The number of nitro benzene ring substituents is 1. The lowest BCUT2D eigenvalue weighted by Crippen LogP contribution is -2.14. The summed E-state index contributed by atoms with van der Waals surface area (Å²) in [5, 5.41) is 14.3. The van der Waals surface area contributed by atoms with Gasteiger partial charge >= 0.3 is 0 Å². The molecule has 152 valence electrons. The molecular weight excluding hydrogens is 424 g/mol. The van der Waals surface area contributed by atoms with Crippen LogP contribution in [0.5, 0.6) is 0 Å². The highest BCUT2D eigenvalue weighted by Crippen LogP contribution is 2.24. The second kappa shape index (κ2) is 10.0. The number of anilines is 1. The number of nitrogens with one attached hydrogen (secondary N) is 1. The van der Waals surface area contributed by atoms with Crippen LogP contribution in [0.25, 0.3) is 0 Å². The van der Waals surface area contributed by atoms with E-state index in [2.05, 4.69) is 5.32 Å². The first-order valence-electron chi connectivity index (χ1n) is 8.95. The molecule has 6 nitrogen and oxygen atoms in total. The number of nitro groups is 1. The van der Waals surface area contributed by atoms with E-state index in [0.29, 0.717) is 16.3 Å². The number of carbonyl (C=O) groups is 2. The van der Waals surface area contributed by atoms with Crippen LogP contribution < -0.4 is 5.32 Å². The Balaban J connectivity index is 1.58. The van der Waals surface area contributed by atoms with E-state index in [1.54, 1.807) is 48.5 Å². The van der Waals surface area contributed by atoms with E-state index in [-0.39, 0.29) is 29.6 Å². The van der Waals surface area contributed by atoms with E-state index in [1.165, 1.54) is 30.0 Å². The Bertz CT molecular complexity index is 1090. The number of amides is 1. The van der Waals surface area contributed by atoms with Crippen LogP contribution in [0, 0.1) is 10.1 Å². The van der Waals surface area contributed by atoms with Gasteiger partial charge in [-0.05, 0) is 35.9 Å². The van der Waals surface area contributed by atoms with Crippen molar-refractivity contribution >= 4 is 46.4 Å². The highest BCUT2D eigenvalue weighted by Gasteiger charge is 2.12. The molecule has 0 radical (unpaired) electrons. The Morgan fingerprint density at radius 2 is 1.73 bits per heavy atom. The number of halogens is 1. The molecule has 1 amide bonds. The Hall–Kier alpha value is -3.16. The molecule has 0 aliphatic rings. The van der Waals surface area contributed by atoms with E-state index >= 15 is 0 Å². The minimum absolute atomic E-state index is 0.115. The highest BCUT2D eigenvalue weighted by molar-refractivity contribution is 8.00. The zero-order chi connectivity index (χ0) is 21.5. The number of thioether (sulfide) groups is 1. The number of rotatable bonds is 8. The van der Waals surface area contributed by atoms with E-state index in [0.717, 1.165) is 10.5 Å². The number of ketones is 1. The van der Waals surface area contributed by atoms with Crippen LogP contribution in [0.3, 0.4) is 0 Å². The third kappa shape index (κ3) is 6.17. The summed E-state index contributed by atoms with van der Waals surface area (Å²) in [6, 6.07) is 19.9. The maximum atomic E-state index is 12.4. The van der Waals surface area contributed by atoms with Crippen LogP contribution in [-0.4, -0.2) is 22.4 Å². The molecule has 0 atom stereocenters. The van der Waals surface area contributed by atoms with Crippen LogP contribution in [-0.2, 0) is 11.2 Å². The summed E-state index contributed by atoms with van der Waals surface area (Å²) in [5.41, 5.74) is 1.66. The van der Waals surface area contributed by atoms with Crippen molar-refractivity contribution in [2.24, 2.45) is 0 Å². The molecule has 1 N–H and O–H groups in total. The molecule has 0 fully saturated rings. The van der Waals surface area contributed by atoms with E-state index in [9.17, 15) is 19.7 Å². The van der Waals surface area contributed by atoms with E-state index in [4.69, 9.17) is 11.6 Å². The predicted octanol–water partition coefficient (Wildman–Crippen LogP) is 5.40. The fraction of sp³-hybridized carbons (Fsp3) is 0.0909. The second-order valence-electron chi connectivity index (χ2n) is 6.40. The van der Waals surface area contributed by atoms with E-state index < -0.39 is 4.92 Å². The number of hydrogen-bond acceptors (Lipinski definition) is 5. The first kappa shape index (κ1) is 21.5. The standard InChI is InChI=1S/C22H17ClN2O4S/c23-17-9-7-15(8-10-17)11-22(27)24-18-4-2-6-20(13-18)30-14-21(26)16-3-1-5-19(12-16)25(28)29/h1-10,12-13H,11,14H2,(H,24,27). The maximum absolute atomic E-state index is 12.4. The maximum Gasteiger partial charge on any atom is 0.270 e. The summed E-state index contributed by atoms with van der Waals surface area (Å²) in [6.45, 7) is 0.